The van der Waals surface area contributed by atoms with Gasteiger partial charge in [0.15, 0.2) is 18.6 Å². The monoisotopic (exact) mass is 318 g/mol. The number of hydrogen-bond donors (Lipinski definition) is 0. The molecule has 0 aliphatic rings. The number of carbonyl (C=O) groups excluding carboxylic acids is 1. The first-order valence-corrected chi connectivity index (χ1v) is 5.91. The molecule has 1 heterocycles. The van der Waals surface area contributed by atoms with Crippen molar-refractivity contribution in [1.29, 1.82) is 0 Å². The molecule has 0 aliphatic carbocycles. The maximum Gasteiger partial charge on any atom is 0.187 e. The van der Waals surface area contributed by atoms with E-state index in [0.717, 1.165) is 4.09 Å². The van der Waals surface area contributed by atoms with E-state index in [1.54, 1.807) is 0 Å². The topological polar surface area (TPSA) is 34.9 Å². The van der Waals surface area contributed by atoms with Gasteiger partial charge in [0.05, 0.1) is 11.8 Å². The first kappa shape index (κ1) is 12.3. The van der Waals surface area contributed by atoms with Gasteiger partial charge in [-0.1, -0.05) is 15.9 Å². The second kappa shape index (κ2) is 4.97. The Hall–Kier alpha value is -1.21. The Balaban J connectivity index is 2.62. The third-order valence-electron chi connectivity index (χ3n) is 2.10. The first-order chi connectivity index (χ1) is 8.15. The summed E-state index contributed by atoms with van der Waals surface area (Å²) in [6.07, 6.45) is 1.79. The van der Waals surface area contributed by atoms with Crippen molar-refractivity contribution in [3.63, 3.8) is 0 Å². The summed E-state index contributed by atoms with van der Waals surface area (Å²) >= 11 is 3.09. The van der Waals surface area contributed by atoms with Crippen molar-refractivity contribution in [2.24, 2.45) is 0 Å². The lowest BCUT2D eigenvalue weighted by Crippen LogP contribution is -1.88. The van der Waals surface area contributed by atoms with E-state index in [1.807, 2.05) is 0 Å². The van der Waals surface area contributed by atoms with Crippen LogP contribution in [0.25, 0.3) is 11.3 Å². The molecular weight excluding hydrogens is 314 g/mol. The van der Waals surface area contributed by atoms with Crippen molar-refractivity contribution in [2.45, 2.75) is 0 Å². The Morgan fingerprint density at radius 2 is 2.24 bits per heavy atom. The maximum absolute atomic E-state index is 13.1. The highest BCUT2D eigenvalue weighted by molar-refractivity contribution is 9.10. The minimum atomic E-state index is -0.456. The molecule has 0 bridgehead atoms. The number of hydrogen-bond acceptors (Lipinski definition) is 3. The van der Waals surface area contributed by atoms with Gasteiger partial charge in [-0.05, 0) is 18.2 Å². The van der Waals surface area contributed by atoms with Crippen molar-refractivity contribution < 1.29 is 13.1 Å². The van der Waals surface area contributed by atoms with Gasteiger partial charge < -0.3 is 0 Å². The van der Waals surface area contributed by atoms with Crippen molar-refractivity contribution in [3.05, 3.63) is 40.2 Å². The number of rotatable bonds is 3. The molecule has 2 rings (SSSR count). The number of carbonyl (C=O) groups is 1. The third-order valence-corrected chi connectivity index (χ3v) is 3.12. The summed E-state index contributed by atoms with van der Waals surface area (Å²) in [4.78, 5) is 10.8. The minimum absolute atomic E-state index is 0.138. The molecule has 3 nitrogen and oxygen atoms in total. The van der Waals surface area contributed by atoms with Gasteiger partial charge in [0.1, 0.15) is 11.5 Å². The quantitative estimate of drug-likeness (QED) is 0.810. The van der Waals surface area contributed by atoms with Crippen LogP contribution in [0.2, 0.25) is 0 Å². The molecule has 0 amide bonds. The predicted octanol–water partition coefficient (Wildman–Crippen LogP) is 3.65. The van der Waals surface area contributed by atoms with Crippen LogP contribution in [-0.2, 0) is 0 Å². The molecule has 7 heteroatoms. The Labute approximate surface area is 108 Å². The van der Waals surface area contributed by atoms with Crippen LogP contribution >= 0.6 is 28.3 Å². The highest BCUT2D eigenvalue weighted by atomic mass is 79.9. The fourth-order valence-electron chi connectivity index (χ4n) is 1.38. The second-order valence-corrected chi connectivity index (χ2v) is 4.51. The van der Waals surface area contributed by atoms with E-state index in [0.29, 0.717) is 16.3 Å². The lowest BCUT2D eigenvalue weighted by molar-refractivity contribution is 0.112. The fraction of sp³-hybridized carbons (Fsp3) is 0. The Morgan fingerprint density at radius 3 is 2.88 bits per heavy atom. The summed E-state index contributed by atoms with van der Waals surface area (Å²) < 4.78 is 27.0. The number of aldehydes is 1. The third kappa shape index (κ3) is 2.39. The van der Waals surface area contributed by atoms with Crippen molar-refractivity contribution in [3.8, 4) is 11.3 Å². The van der Waals surface area contributed by atoms with Crippen molar-refractivity contribution in [1.82, 2.24) is 9.19 Å². The Morgan fingerprint density at radius 1 is 1.47 bits per heavy atom. The molecule has 0 spiro atoms. The SMILES string of the molecule is O=Cc1cn(SF)nc1-c1cc(F)ccc1Br. The van der Waals surface area contributed by atoms with Gasteiger partial charge >= 0.3 is 0 Å². The van der Waals surface area contributed by atoms with E-state index in [4.69, 9.17) is 0 Å². The average molecular weight is 319 g/mol. The minimum Gasteiger partial charge on any atom is -0.298 e. The van der Waals surface area contributed by atoms with E-state index in [2.05, 4.69) is 21.0 Å². The van der Waals surface area contributed by atoms with Crippen LogP contribution in [-0.4, -0.2) is 15.5 Å². The summed E-state index contributed by atoms with van der Waals surface area (Å²) in [7, 11) is 0. The van der Waals surface area contributed by atoms with E-state index in [-0.39, 0.29) is 23.6 Å². The molecular formula is C10H5BrF2N2OS. The van der Waals surface area contributed by atoms with Crippen molar-refractivity contribution >= 4 is 34.5 Å². The van der Waals surface area contributed by atoms with Crippen LogP contribution in [0.15, 0.2) is 28.9 Å². The van der Waals surface area contributed by atoms with Gasteiger partial charge in [0.2, 0.25) is 0 Å². The van der Waals surface area contributed by atoms with Gasteiger partial charge in [0, 0.05) is 10.0 Å². The zero-order valence-electron chi connectivity index (χ0n) is 8.23. The first-order valence-electron chi connectivity index (χ1n) is 4.45. The van der Waals surface area contributed by atoms with Gasteiger partial charge in [0.25, 0.3) is 0 Å². The summed E-state index contributed by atoms with van der Waals surface area (Å²) in [5.74, 6) is -0.456. The van der Waals surface area contributed by atoms with Gasteiger partial charge in [-0.2, -0.15) is 9.19 Å². The van der Waals surface area contributed by atoms with E-state index in [1.165, 1.54) is 24.4 Å². The van der Waals surface area contributed by atoms with Crippen LogP contribution in [0.1, 0.15) is 10.4 Å². The molecule has 0 saturated heterocycles. The number of benzene rings is 1. The molecule has 0 radical (unpaired) electrons. The largest absolute Gasteiger partial charge is 0.298 e. The summed E-state index contributed by atoms with van der Waals surface area (Å²) in [6.45, 7) is 0. The predicted molar refractivity (Wildman–Crippen MR) is 64.8 cm³/mol. The van der Waals surface area contributed by atoms with Crippen LogP contribution in [0, 0.1) is 5.82 Å². The molecule has 0 saturated carbocycles. The lowest BCUT2D eigenvalue weighted by Gasteiger charge is -2.01. The number of aromatic nitrogens is 2. The highest BCUT2D eigenvalue weighted by Gasteiger charge is 2.14. The second-order valence-electron chi connectivity index (χ2n) is 3.15. The number of nitrogens with zero attached hydrogens (tertiary/aromatic N) is 2. The lowest BCUT2D eigenvalue weighted by atomic mass is 10.1. The van der Waals surface area contributed by atoms with E-state index >= 15 is 0 Å². The summed E-state index contributed by atoms with van der Waals surface area (Å²) in [6, 6.07) is 4.00. The van der Waals surface area contributed by atoms with Crippen LogP contribution in [0.5, 0.6) is 0 Å². The number of halogens is 3. The molecule has 0 fully saturated rings. The molecule has 88 valence electrons. The average Bonchev–Trinajstić information content (AvgIpc) is 2.75. The molecule has 1 aromatic carbocycles. The molecule has 0 N–H and O–H groups in total. The van der Waals surface area contributed by atoms with Crippen LogP contribution in [0.3, 0.4) is 0 Å². The van der Waals surface area contributed by atoms with E-state index in [9.17, 15) is 13.1 Å². The zero-order chi connectivity index (χ0) is 12.4. The zero-order valence-corrected chi connectivity index (χ0v) is 10.6. The van der Waals surface area contributed by atoms with Gasteiger partial charge in [-0.3, -0.25) is 4.79 Å². The van der Waals surface area contributed by atoms with Crippen LogP contribution < -0.4 is 0 Å². The molecule has 2 aromatic rings. The molecule has 0 aliphatic heterocycles. The Bertz CT molecular complexity index is 573. The van der Waals surface area contributed by atoms with Gasteiger partial charge in [-0.15, -0.1) is 3.89 Å². The molecule has 1 aromatic heterocycles. The van der Waals surface area contributed by atoms with Crippen LogP contribution in [0.4, 0.5) is 8.28 Å². The smallest absolute Gasteiger partial charge is 0.187 e. The standard InChI is InChI=1S/C10H5BrF2N2OS/c11-9-2-1-7(12)3-8(9)10-6(5-16)4-15(14-10)17-13/h1-5H. The fourth-order valence-corrected chi connectivity index (χ4v) is 2.08. The van der Waals surface area contributed by atoms with Crippen molar-refractivity contribution in [2.75, 3.05) is 0 Å². The Kier molecular flexibility index (Phi) is 3.58. The maximum atomic E-state index is 13.1. The molecule has 17 heavy (non-hydrogen) atoms. The normalized spacial score (nSPS) is 10.5. The highest BCUT2D eigenvalue weighted by Crippen LogP contribution is 2.30. The van der Waals surface area contributed by atoms with E-state index < -0.39 is 5.82 Å². The molecule has 0 unspecified atom stereocenters. The summed E-state index contributed by atoms with van der Waals surface area (Å²) in [5.41, 5.74) is 0.831. The summed E-state index contributed by atoms with van der Waals surface area (Å²) in [5, 5.41) is 3.85. The van der Waals surface area contributed by atoms with Gasteiger partial charge in [-0.25, -0.2) is 4.39 Å². The molecule has 0 atom stereocenters.